The minimum atomic E-state index is -1.87. The summed E-state index contributed by atoms with van der Waals surface area (Å²) >= 11 is 1.30. The lowest BCUT2D eigenvalue weighted by atomic mass is 9.80. The van der Waals surface area contributed by atoms with Crippen molar-refractivity contribution in [3.8, 4) is 0 Å². The molecule has 0 aromatic carbocycles. The van der Waals surface area contributed by atoms with Crippen molar-refractivity contribution in [1.29, 1.82) is 0 Å². The molecule has 18 heavy (non-hydrogen) atoms. The van der Waals surface area contributed by atoms with Crippen LogP contribution in [0.15, 0.2) is 6.07 Å². The number of carbonyl (C=O) groups is 1. The Morgan fingerprint density at radius 1 is 1.61 bits per heavy atom. The first-order valence-corrected chi connectivity index (χ1v) is 6.55. The maximum Gasteiger partial charge on any atom is 0.342 e. The second-order valence-electron chi connectivity index (χ2n) is 4.41. The van der Waals surface area contributed by atoms with E-state index in [1.54, 1.807) is 6.07 Å². The minimum Gasteiger partial charge on any atom is -0.467 e. The van der Waals surface area contributed by atoms with Crippen LogP contribution in [0.2, 0.25) is 0 Å². The van der Waals surface area contributed by atoms with E-state index in [-0.39, 0.29) is 6.42 Å². The molecule has 0 saturated heterocycles. The third-order valence-electron chi connectivity index (χ3n) is 3.27. The first-order valence-electron chi connectivity index (χ1n) is 5.74. The average molecular weight is 272 g/mol. The summed E-state index contributed by atoms with van der Waals surface area (Å²) in [5.41, 5.74) is -1.51. The lowest BCUT2D eigenvalue weighted by Crippen LogP contribution is -2.45. The van der Waals surface area contributed by atoms with E-state index >= 15 is 0 Å². The number of aryl methyl sites for hydroxylation is 1. The molecule has 0 fully saturated rings. The van der Waals surface area contributed by atoms with Gasteiger partial charge in [-0.2, -0.15) is 0 Å². The molecule has 0 saturated carbocycles. The van der Waals surface area contributed by atoms with Gasteiger partial charge in [-0.05, 0) is 12.5 Å². The minimum absolute atomic E-state index is 0.256. The lowest BCUT2D eigenvalue weighted by Gasteiger charge is -2.35. The molecule has 0 aliphatic heterocycles. The van der Waals surface area contributed by atoms with E-state index in [4.69, 9.17) is 0 Å². The SMILES string of the molecule is CCc1cc2c(s1)[C@@H](O)[C@H](O)C[C@@]2(O)C(=O)OC. The van der Waals surface area contributed by atoms with Gasteiger partial charge in [-0.3, -0.25) is 0 Å². The van der Waals surface area contributed by atoms with Crippen LogP contribution in [-0.2, 0) is 21.6 Å². The van der Waals surface area contributed by atoms with Crippen LogP contribution in [0, 0.1) is 0 Å². The second kappa shape index (κ2) is 4.62. The van der Waals surface area contributed by atoms with Crippen LogP contribution in [0.25, 0.3) is 0 Å². The Balaban J connectivity index is 2.56. The van der Waals surface area contributed by atoms with Gasteiger partial charge in [-0.1, -0.05) is 6.92 Å². The zero-order chi connectivity index (χ0) is 13.5. The Kier molecular flexibility index (Phi) is 3.46. The number of aliphatic hydroxyl groups excluding tert-OH is 2. The highest BCUT2D eigenvalue weighted by Gasteiger charge is 2.50. The fourth-order valence-electron chi connectivity index (χ4n) is 2.24. The number of carbonyl (C=O) groups excluding carboxylic acids is 1. The highest BCUT2D eigenvalue weighted by molar-refractivity contribution is 7.12. The summed E-state index contributed by atoms with van der Waals surface area (Å²) in [6.45, 7) is 1.94. The second-order valence-corrected chi connectivity index (χ2v) is 5.58. The first-order chi connectivity index (χ1) is 8.43. The zero-order valence-electron chi connectivity index (χ0n) is 10.2. The number of fused-ring (bicyclic) bond motifs is 1. The number of methoxy groups -OCH3 is 1. The van der Waals surface area contributed by atoms with Gasteiger partial charge in [0.1, 0.15) is 6.10 Å². The molecule has 0 radical (unpaired) electrons. The smallest absolute Gasteiger partial charge is 0.342 e. The summed E-state index contributed by atoms with van der Waals surface area (Å²) in [7, 11) is 1.19. The Bertz CT molecular complexity index is 469. The summed E-state index contributed by atoms with van der Waals surface area (Å²) in [5, 5.41) is 30.1. The molecule has 0 unspecified atom stereocenters. The number of esters is 1. The van der Waals surface area contributed by atoms with Gasteiger partial charge in [0, 0.05) is 21.7 Å². The Labute approximate surface area is 109 Å². The zero-order valence-corrected chi connectivity index (χ0v) is 11.0. The van der Waals surface area contributed by atoms with Crippen LogP contribution in [-0.4, -0.2) is 34.5 Å². The van der Waals surface area contributed by atoms with E-state index in [2.05, 4.69) is 4.74 Å². The molecular weight excluding hydrogens is 256 g/mol. The van der Waals surface area contributed by atoms with Crippen LogP contribution in [0.5, 0.6) is 0 Å². The summed E-state index contributed by atoms with van der Waals surface area (Å²) < 4.78 is 4.60. The predicted octanol–water partition coefficient (Wildman–Crippen LogP) is 0.469. The summed E-state index contributed by atoms with van der Waals surface area (Å²) in [5.74, 6) is -0.810. The van der Waals surface area contributed by atoms with Gasteiger partial charge < -0.3 is 20.1 Å². The van der Waals surface area contributed by atoms with Crippen molar-refractivity contribution in [2.45, 2.75) is 37.6 Å². The Hall–Kier alpha value is -0.950. The number of rotatable bonds is 2. The molecule has 0 amide bonds. The van der Waals surface area contributed by atoms with Crippen molar-refractivity contribution < 1.29 is 24.9 Å². The average Bonchev–Trinajstić information content (AvgIpc) is 2.80. The highest BCUT2D eigenvalue weighted by atomic mass is 32.1. The van der Waals surface area contributed by atoms with E-state index < -0.39 is 23.8 Å². The molecule has 0 spiro atoms. The summed E-state index contributed by atoms with van der Waals surface area (Å²) in [4.78, 5) is 13.1. The Morgan fingerprint density at radius 2 is 2.28 bits per heavy atom. The third kappa shape index (κ3) is 1.85. The normalized spacial score (nSPS) is 30.9. The van der Waals surface area contributed by atoms with E-state index in [1.165, 1.54) is 18.4 Å². The van der Waals surface area contributed by atoms with Gasteiger partial charge in [-0.15, -0.1) is 11.3 Å². The van der Waals surface area contributed by atoms with Crippen LogP contribution >= 0.6 is 11.3 Å². The molecule has 0 bridgehead atoms. The highest BCUT2D eigenvalue weighted by Crippen LogP contribution is 2.45. The van der Waals surface area contributed by atoms with Crippen molar-refractivity contribution in [3.63, 3.8) is 0 Å². The third-order valence-corrected chi connectivity index (χ3v) is 4.62. The van der Waals surface area contributed by atoms with Gasteiger partial charge in [0.05, 0.1) is 13.2 Å². The fourth-order valence-corrected chi connectivity index (χ4v) is 3.46. The van der Waals surface area contributed by atoms with E-state index in [0.29, 0.717) is 10.4 Å². The van der Waals surface area contributed by atoms with Crippen LogP contribution in [0.3, 0.4) is 0 Å². The molecule has 6 heteroatoms. The molecule has 1 aromatic rings. The maximum atomic E-state index is 11.7. The van der Waals surface area contributed by atoms with Gasteiger partial charge in [-0.25, -0.2) is 4.79 Å². The van der Waals surface area contributed by atoms with Gasteiger partial charge in [0.2, 0.25) is 0 Å². The standard InChI is InChI=1S/C12H16O5S/c1-3-6-4-7-10(18-6)9(14)8(13)5-12(7,16)11(15)17-2/h4,8-9,13-14,16H,3,5H2,1-2H3/t8-,9+,12+/m1/s1. The van der Waals surface area contributed by atoms with Crippen molar-refractivity contribution in [2.75, 3.05) is 7.11 Å². The number of hydrogen-bond acceptors (Lipinski definition) is 6. The number of aliphatic hydroxyl groups is 3. The van der Waals surface area contributed by atoms with Gasteiger partial charge in [0.15, 0.2) is 5.60 Å². The predicted molar refractivity (Wildman–Crippen MR) is 65.2 cm³/mol. The number of ether oxygens (including phenoxy) is 1. The molecular formula is C12H16O5S. The summed E-state index contributed by atoms with van der Waals surface area (Å²) in [6, 6.07) is 1.70. The lowest BCUT2D eigenvalue weighted by molar-refractivity contribution is -0.171. The molecule has 3 atom stereocenters. The Morgan fingerprint density at radius 3 is 2.83 bits per heavy atom. The monoisotopic (exact) mass is 272 g/mol. The molecule has 1 aromatic heterocycles. The van der Waals surface area contributed by atoms with Crippen LogP contribution < -0.4 is 0 Å². The molecule has 5 nitrogen and oxygen atoms in total. The number of thiophene rings is 1. The van der Waals surface area contributed by atoms with E-state index in [9.17, 15) is 20.1 Å². The van der Waals surface area contributed by atoms with Crippen LogP contribution in [0.4, 0.5) is 0 Å². The van der Waals surface area contributed by atoms with Crippen molar-refractivity contribution in [2.24, 2.45) is 0 Å². The topological polar surface area (TPSA) is 87.0 Å². The van der Waals surface area contributed by atoms with Gasteiger partial charge >= 0.3 is 5.97 Å². The van der Waals surface area contributed by atoms with Crippen molar-refractivity contribution in [1.82, 2.24) is 0 Å². The number of hydrogen-bond donors (Lipinski definition) is 3. The van der Waals surface area contributed by atoms with Gasteiger partial charge in [0.25, 0.3) is 0 Å². The van der Waals surface area contributed by atoms with E-state index in [1.807, 2.05) is 6.92 Å². The molecule has 3 N–H and O–H groups in total. The van der Waals surface area contributed by atoms with Crippen molar-refractivity contribution in [3.05, 3.63) is 21.4 Å². The van der Waals surface area contributed by atoms with Crippen LogP contribution in [0.1, 0.15) is 34.8 Å². The summed E-state index contributed by atoms with van der Waals surface area (Å²) in [6.07, 6.45) is -1.76. The molecule has 1 aliphatic carbocycles. The largest absolute Gasteiger partial charge is 0.467 e. The molecule has 2 rings (SSSR count). The fraction of sp³-hybridized carbons (Fsp3) is 0.583. The molecule has 1 aliphatic rings. The van der Waals surface area contributed by atoms with E-state index in [0.717, 1.165) is 11.3 Å². The molecule has 1 heterocycles. The van der Waals surface area contributed by atoms with Crippen molar-refractivity contribution >= 4 is 17.3 Å². The molecule has 100 valence electrons. The quantitative estimate of drug-likeness (QED) is 0.681. The first kappa shape index (κ1) is 13.5. The maximum absolute atomic E-state index is 11.7.